The minimum atomic E-state index is 0.849. The number of nitrogens with zero attached hydrogens (tertiary/aromatic N) is 1. The van der Waals surface area contributed by atoms with Crippen LogP contribution in [0.25, 0.3) is 0 Å². The van der Waals surface area contributed by atoms with Gasteiger partial charge in [-0.05, 0) is 39.5 Å². The smallest absolute Gasteiger partial charge is 0.129 e. The number of hydrogen-bond donors (Lipinski definition) is 1. The van der Waals surface area contributed by atoms with Gasteiger partial charge in [-0.2, -0.15) is 0 Å². The van der Waals surface area contributed by atoms with Gasteiger partial charge in [0.2, 0.25) is 0 Å². The third kappa shape index (κ3) is 2.33. The Balaban J connectivity index is 2.02. The van der Waals surface area contributed by atoms with Gasteiger partial charge in [-0.3, -0.25) is 0 Å². The maximum Gasteiger partial charge on any atom is 0.129 e. The molecule has 0 aliphatic carbocycles. The molecule has 0 saturated heterocycles. The molecule has 0 atom stereocenters. The van der Waals surface area contributed by atoms with Crippen LogP contribution in [0.4, 0.5) is 5.69 Å². The van der Waals surface area contributed by atoms with E-state index in [-0.39, 0.29) is 0 Å². The number of nitrogens with one attached hydrogen (secondary N) is 1. The number of hydrogen-bond acceptors (Lipinski definition) is 3. The normalized spacial score (nSPS) is 10.1. The summed E-state index contributed by atoms with van der Waals surface area (Å²) in [5.74, 6) is 0. The number of pyridine rings is 1. The molecule has 14 heavy (non-hydrogen) atoms. The zero-order valence-corrected chi connectivity index (χ0v) is 9.81. The topological polar surface area (TPSA) is 24.9 Å². The molecule has 0 amide bonds. The van der Waals surface area contributed by atoms with E-state index in [4.69, 9.17) is 0 Å². The largest absolute Gasteiger partial charge is 0.378 e. The van der Waals surface area contributed by atoms with Crippen molar-refractivity contribution in [3.05, 3.63) is 45.3 Å². The summed E-state index contributed by atoms with van der Waals surface area (Å²) in [5.41, 5.74) is 1.03. The highest BCUT2D eigenvalue weighted by Crippen LogP contribution is 2.19. The Hall–Kier alpha value is -0.870. The summed E-state index contributed by atoms with van der Waals surface area (Å²) in [5, 5.41) is 5.40. The summed E-state index contributed by atoms with van der Waals surface area (Å²) in [6, 6.07) is 8.09. The van der Waals surface area contributed by atoms with Crippen LogP contribution in [-0.4, -0.2) is 4.98 Å². The lowest BCUT2D eigenvalue weighted by Gasteiger charge is -2.05. The fourth-order valence-corrected chi connectivity index (χ4v) is 2.15. The van der Waals surface area contributed by atoms with Gasteiger partial charge in [-0.15, -0.1) is 11.3 Å². The Morgan fingerprint density at radius 1 is 1.36 bits per heavy atom. The van der Waals surface area contributed by atoms with Crippen molar-refractivity contribution in [2.24, 2.45) is 0 Å². The maximum absolute atomic E-state index is 4.14. The molecule has 2 heterocycles. The van der Waals surface area contributed by atoms with Crippen LogP contribution in [0.2, 0.25) is 0 Å². The highest BCUT2D eigenvalue weighted by atomic mass is 79.9. The minimum Gasteiger partial charge on any atom is -0.378 e. The van der Waals surface area contributed by atoms with E-state index in [2.05, 4.69) is 43.7 Å². The van der Waals surface area contributed by atoms with E-state index in [9.17, 15) is 0 Å². The van der Waals surface area contributed by atoms with Gasteiger partial charge in [0.1, 0.15) is 4.60 Å². The molecule has 0 unspecified atom stereocenters. The Kier molecular flexibility index (Phi) is 3.16. The number of thiophene rings is 1. The van der Waals surface area contributed by atoms with E-state index in [0.717, 1.165) is 16.8 Å². The van der Waals surface area contributed by atoms with Gasteiger partial charge >= 0.3 is 0 Å². The van der Waals surface area contributed by atoms with Gasteiger partial charge in [-0.25, -0.2) is 4.98 Å². The monoisotopic (exact) mass is 268 g/mol. The third-order valence-electron chi connectivity index (χ3n) is 1.79. The van der Waals surface area contributed by atoms with Crippen LogP contribution in [0, 0.1) is 0 Å². The summed E-state index contributed by atoms with van der Waals surface area (Å²) < 4.78 is 0.858. The highest BCUT2D eigenvalue weighted by Gasteiger charge is 1.98. The minimum absolute atomic E-state index is 0.849. The van der Waals surface area contributed by atoms with Crippen molar-refractivity contribution >= 4 is 33.0 Å². The lowest BCUT2D eigenvalue weighted by Crippen LogP contribution is -1.98. The summed E-state index contributed by atoms with van der Waals surface area (Å²) in [4.78, 5) is 5.46. The van der Waals surface area contributed by atoms with Crippen LogP contribution in [0.15, 0.2) is 40.4 Å². The molecule has 0 aliphatic heterocycles. The van der Waals surface area contributed by atoms with E-state index in [0.29, 0.717) is 0 Å². The Morgan fingerprint density at radius 2 is 2.29 bits per heavy atom. The molecule has 4 heteroatoms. The number of anilines is 1. The van der Waals surface area contributed by atoms with Crippen LogP contribution in [0.3, 0.4) is 0 Å². The third-order valence-corrected chi connectivity index (χ3v) is 3.30. The molecule has 2 nitrogen and oxygen atoms in total. The van der Waals surface area contributed by atoms with Crippen LogP contribution in [0.5, 0.6) is 0 Å². The Morgan fingerprint density at radius 3 is 3.00 bits per heavy atom. The standard InChI is InChI=1S/C10H9BrN2S/c11-10-9(4-1-5-12-10)13-7-8-3-2-6-14-8/h1-6,13H,7H2. The van der Waals surface area contributed by atoms with Crippen molar-refractivity contribution in [1.82, 2.24) is 4.98 Å². The molecule has 0 aromatic carbocycles. The second-order valence-corrected chi connectivity index (χ2v) is 4.56. The molecule has 0 aliphatic rings. The van der Waals surface area contributed by atoms with Gasteiger partial charge in [0.15, 0.2) is 0 Å². The van der Waals surface area contributed by atoms with Crippen molar-refractivity contribution in [3.63, 3.8) is 0 Å². The Labute approximate surface area is 95.1 Å². The molecule has 0 bridgehead atoms. The van der Waals surface area contributed by atoms with E-state index in [1.807, 2.05) is 12.1 Å². The molecule has 0 fully saturated rings. The zero-order chi connectivity index (χ0) is 9.80. The maximum atomic E-state index is 4.14. The highest BCUT2D eigenvalue weighted by molar-refractivity contribution is 9.10. The molecule has 0 saturated carbocycles. The number of rotatable bonds is 3. The summed E-state index contributed by atoms with van der Waals surface area (Å²) >= 11 is 5.14. The van der Waals surface area contributed by atoms with Gasteiger partial charge in [0.25, 0.3) is 0 Å². The van der Waals surface area contributed by atoms with Crippen molar-refractivity contribution < 1.29 is 0 Å². The van der Waals surface area contributed by atoms with Crippen molar-refractivity contribution in [3.8, 4) is 0 Å². The van der Waals surface area contributed by atoms with E-state index < -0.39 is 0 Å². The number of aromatic nitrogens is 1. The molecule has 1 N–H and O–H groups in total. The molecule has 72 valence electrons. The van der Waals surface area contributed by atoms with Crippen LogP contribution >= 0.6 is 27.3 Å². The first kappa shape index (κ1) is 9.68. The van der Waals surface area contributed by atoms with Crippen LogP contribution in [-0.2, 0) is 6.54 Å². The molecule has 2 rings (SSSR count). The summed E-state index contributed by atoms with van der Waals surface area (Å²) in [6.07, 6.45) is 1.76. The first-order chi connectivity index (χ1) is 6.86. The first-order valence-electron chi connectivity index (χ1n) is 4.23. The van der Waals surface area contributed by atoms with E-state index >= 15 is 0 Å². The van der Waals surface area contributed by atoms with Gasteiger partial charge < -0.3 is 5.32 Å². The van der Waals surface area contributed by atoms with E-state index in [1.54, 1.807) is 17.5 Å². The van der Waals surface area contributed by atoms with E-state index in [1.165, 1.54) is 4.88 Å². The quantitative estimate of drug-likeness (QED) is 0.862. The average Bonchev–Trinajstić information content (AvgIpc) is 2.69. The fraction of sp³-hybridized carbons (Fsp3) is 0.100. The second-order valence-electron chi connectivity index (χ2n) is 2.77. The summed E-state index contributed by atoms with van der Waals surface area (Å²) in [7, 11) is 0. The molecular weight excluding hydrogens is 260 g/mol. The SMILES string of the molecule is Brc1ncccc1NCc1cccs1. The molecular formula is C10H9BrN2S. The predicted octanol–water partition coefficient (Wildman–Crippen LogP) is 3.52. The van der Waals surface area contributed by atoms with Gasteiger partial charge in [-0.1, -0.05) is 6.07 Å². The lowest BCUT2D eigenvalue weighted by molar-refractivity contribution is 1.16. The summed E-state index contributed by atoms with van der Waals surface area (Å²) in [6.45, 7) is 0.849. The first-order valence-corrected chi connectivity index (χ1v) is 5.90. The molecule has 2 aromatic heterocycles. The number of halogens is 1. The lowest BCUT2D eigenvalue weighted by atomic mass is 10.4. The average molecular weight is 269 g/mol. The van der Waals surface area contributed by atoms with Crippen LogP contribution < -0.4 is 5.32 Å². The van der Waals surface area contributed by atoms with Gasteiger partial charge in [0, 0.05) is 17.6 Å². The molecule has 0 spiro atoms. The van der Waals surface area contributed by atoms with Crippen molar-refractivity contribution in [2.75, 3.05) is 5.32 Å². The second kappa shape index (κ2) is 4.57. The van der Waals surface area contributed by atoms with Crippen LogP contribution in [0.1, 0.15) is 4.88 Å². The zero-order valence-electron chi connectivity index (χ0n) is 7.40. The molecule has 0 radical (unpaired) electrons. The van der Waals surface area contributed by atoms with Gasteiger partial charge in [0.05, 0.1) is 5.69 Å². The van der Waals surface area contributed by atoms with Crippen molar-refractivity contribution in [1.29, 1.82) is 0 Å². The fourth-order valence-electron chi connectivity index (χ4n) is 1.11. The molecule has 2 aromatic rings. The predicted molar refractivity (Wildman–Crippen MR) is 63.6 cm³/mol. The Bertz CT molecular complexity index is 400. The van der Waals surface area contributed by atoms with Crippen molar-refractivity contribution in [2.45, 2.75) is 6.54 Å².